The summed E-state index contributed by atoms with van der Waals surface area (Å²) in [5, 5.41) is 22.9. The van der Waals surface area contributed by atoms with Crippen molar-refractivity contribution in [3.05, 3.63) is 48.6 Å². The Labute approximate surface area is 318 Å². The lowest BCUT2D eigenvalue weighted by Crippen LogP contribution is -2.45. The number of nitrogens with one attached hydrogen (secondary N) is 1. The summed E-state index contributed by atoms with van der Waals surface area (Å²) >= 11 is 0. The van der Waals surface area contributed by atoms with Crippen LogP contribution in [0.4, 0.5) is 0 Å². The summed E-state index contributed by atoms with van der Waals surface area (Å²) in [7, 11) is 0. The SMILES string of the molecule is CCCC/C=C/CC/C=C/CC/C=C/C(O)C(CO)NC(=O)CCCCCCCCCCCCCCCCC/C=C\CCCCCCCCCC. The lowest BCUT2D eigenvalue weighted by molar-refractivity contribution is -0.123. The minimum absolute atomic E-state index is 0.0788. The summed E-state index contributed by atoms with van der Waals surface area (Å²) in [6.45, 7) is 4.24. The van der Waals surface area contributed by atoms with Crippen molar-refractivity contribution in [2.75, 3.05) is 6.61 Å². The quantitative estimate of drug-likeness (QED) is 0.0437. The number of carbonyl (C=O) groups is 1. The largest absolute Gasteiger partial charge is 0.394 e. The van der Waals surface area contributed by atoms with Crippen molar-refractivity contribution in [2.24, 2.45) is 0 Å². The van der Waals surface area contributed by atoms with Gasteiger partial charge < -0.3 is 15.5 Å². The monoisotopic (exact) mass is 714 g/mol. The highest BCUT2D eigenvalue weighted by molar-refractivity contribution is 5.76. The van der Waals surface area contributed by atoms with Crippen molar-refractivity contribution >= 4 is 5.91 Å². The van der Waals surface area contributed by atoms with Crippen LogP contribution in [-0.2, 0) is 4.79 Å². The molecule has 0 saturated carbocycles. The Morgan fingerprint density at radius 2 is 0.784 bits per heavy atom. The Hall–Kier alpha value is -1.65. The van der Waals surface area contributed by atoms with Gasteiger partial charge in [0.05, 0.1) is 18.8 Å². The second kappa shape index (κ2) is 42.8. The van der Waals surface area contributed by atoms with E-state index < -0.39 is 12.1 Å². The fraction of sp³-hybridized carbons (Fsp3) is 0.809. The molecule has 1 amide bonds. The standard InChI is InChI=1S/C47H87NO3/c1-3-5-7-9-11-13-15-17-18-19-20-21-22-23-24-25-26-27-28-29-30-31-33-35-37-39-41-43-47(51)48-45(44-49)46(50)42-40-38-36-34-32-16-14-12-10-8-6-4-2/h10,12,19-20,32,34,40,42,45-46,49-50H,3-9,11,13-18,21-31,33,35-39,41,43-44H2,1-2H3,(H,48,51)/b12-10+,20-19-,34-32+,42-40+. The van der Waals surface area contributed by atoms with Gasteiger partial charge in [0.15, 0.2) is 0 Å². The average Bonchev–Trinajstić information content (AvgIpc) is 3.13. The molecule has 0 aromatic carbocycles. The van der Waals surface area contributed by atoms with Gasteiger partial charge in [-0.15, -0.1) is 0 Å². The minimum Gasteiger partial charge on any atom is -0.394 e. The molecule has 2 atom stereocenters. The van der Waals surface area contributed by atoms with E-state index >= 15 is 0 Å². The van der Waals surface area contributed by atoms with Gasteiger partial charge in [0, 0.05) is 6.42 Å². The second-order valence-corrected chi connectivity index (χ2v) is 15.1. The molecule has 4 heteroatoms. The molecule has 0 fully saturated rings. The highest BCUT2D eigenvalue weighted by Crippen LogP contribution is 2.15. The number of rotatable bonds is 40. The first-order valence-electron chi connectivity index (χ1n) is 22.4. The van der Waals surface area contributed by atoms with Crippen LogP contribution in [0.25, 0.3) is 0 Å². The van der Waals surface area contributed by atoms with E-state index in [9.17, 15) is 15.0 Å². The van der Waals surface area contributed by atoms with Crippen molar-refractivity contribution in [2.45, 2.75) is 238 Å². The number of carbonyl (C=O) groups excluding carboxylic acids is 1. The molecule has 0 aliphatic rings. The molecule has 4 nitrogen and oxygen atoms in total. The van der Waals surface area contributed by atoms with E-state index in [-0.39, 0.29) is 12.5 Å². The Morgan fingerprint density at radius 1 is 0.451 bits per heavy atom. The number of hydrogen-bond donors (Lipinski definition) is 3. The Morgan fingerprint density at radius 3 is 1.20 bits per heavy atom. The van der Waals surface area contributed by atoms with Gasteiger partial charge in [-0.05, 0) is 64.2 Å². The first-order chi connectivity index (χ1) is 25.2. The zero-order valence-corrected chi connectivity index (χ0v) is 34.1. The molecule has 2 unspecified atom stereocenters. The molecule has 0 rings (SSSR count). The molecule has 0 aromatic rings. The van der Waals surface area contributed by atoms with Gasteiger partial charge in [-0.2, -0.15) is 0 Å². The van der Waals surface area contributed by atoms with Crippen LogP contribution in [0.5, 0.6) is 0 Å². The van der Waals surface area contributed by atoms with E-state index in [2.05, 4.69) is 55.6 Å². The zero-order valence-electron chi connectivity index (χ0n) is 34.1. The van der Waals surface area contributed by atoms with Crippen LogP contribution in [0.1, 0.15) is 226 Å². The molecule has 3 N–H and O–H groups in total. The van der Waals surface area contributed by atoms with Crippen molar-refractivity contribution < 1.29 is 15.0 Å². The Kier molecular flexibility index (Phi) is 41.4. The normalized spacial score (nSPS) is 13.4. The third-order valence-corrected chi connectivity index (χ3v) is 10.0. The number of aliphatic hydroxyl groups is 2. The molecule has 0 spiro atoms. The van der Waals surface area contributed by atoms with Crippen molar-refractivity contribution in [1.82, 2.24) is 5.32 Å². The average molecular weight is 714 g/mol. The number of aliphatic hydroxyl groups excluding tert-OH is 2. The smallest absolute Gasteiger partial charge is 0.220 e. The van der Waals surface area contributed by atoms with Gasteiger partial charge in [-0.3, -0.25) is 4.79 Å². The maximum atomic E-state index is 12.4. The second-order valence-electron chi connectivity index (χ2n) is 15.1. The molecular formula is C47H87NO3. The molecule has 0 aromatic heterocycles. The molecule has 0 bridgehead atoms. The first-order valence-corrected chi connectivity index (χ1v) is 22.4. The summed E-state index contributed by atoms with van der Waals surface area (Å²) in [5.74, 6) is -0.0788. The predicted molar refractivity (Wildman–Crippen MR) is 225 cm³/mol. The Balaban J connectivity index is 3.51. The third-order valence-electron chi connectivity index (χ3n) is 10.0. The summed E-state index contributed by atoms with van der Waals surface area (Å²) in [5.41, 5.74) is 0. The van der Waals surface area contributed by atoms with E-state index in [1.54, 1.807) is 6.08 Å². The highest BCUT2D eigenvalue weighted by atomic mass is 16.3. The van der Waals surface area contributed by atoms with Crippen molar-refractivity contribution in [3.63, 3.8) is 0 Å². The fourth-order valence-corrected chi connectivity index (χ4v) is 6.54. The molecule has 0 heterocycles. The maximum absolute atomic E-state index is 12.4. The predicted octanol–water partition coefficient (Wildman–Crippen LogP) is 14.0. The molecule has 0 radical (unpaired) electrons. The van der Waals surface area contributed by atoms with E-state index in [0.717, 1.165) is 38.5 Å². The number of hydrogen-bond acceptors (Lipinski definition) is 3. The molecule has 298 valence electrons. The van der Waals surface area contributed by atoms with Gasteiger partial charge >= 0.3 is 0 Å². The third kappa shape index (κ3) is 39.4. The van der Waals surface area contributed by atoms with E-state index in [0.29, 0.717) is 6.42 Å². The van der Waals surface area contributed by atoms with Crippen LogP contribution < -0.4 is 5.32 Å². The minimum atomic E-state index is -0.868. The van der Waals surface area contributed by atoms with Crippen LogP contribution in [0.3, 0.4) is 0 Å². The van der Waals surface area contributed by atoms with Gasteiger partial charge in [0.25, 0.3) is 0 Å². The van der Waals surface area contributed by atoms with E-state index in [4.69, 9.17) is 0 Å². The number of allylic oxidation sites excluding steroid dienone is 7. The summed E-state index contributed by atoms with van der Waals surface area (Å²) in [6.07, 6.45) is 58.0. The topological polar surface area (TPSA) is 69.6 Å². The summed E-state index contributed by atoms with van der Waals surface area (Å²) in [4.78, 5) is 12.4. The number of amides is 1. The Bertz CT molecular complexity index is 816. The van der Waals surface area contributed by atoms with E-state index in [1.165, 1.54) is 167 Å². The van der Waals surface area contributed by atoms with Crippen molar-refractivity contribution in [3.8, 4) is 0 Å². The van der Waals surface area contributed by atoms with E-state index in [1.807, 2.05) is 6.08 Å². The molecule has 0 aliphatic carbocycles. The lowest BCUT2D eigenvalue weighted by atomic mass is 10.0. The van der Waals surface area contributed by atoms with Crippen LogP contribution in [0.15, 0.2) is 48.6 Å². The van der Waals surface area contributed by atoms with Crippen molar-refractivity contribution in [1.29, 1.82) is 0 Å². The first kappa shape index (κ1) is 49.4. The van der Waals surface area contributed by atoms with Gasteiger partial charge in [-0.25, -0.2) is 0 Å². The molecule has 0 saturated heterocycles. The maximum Gasteiger partial charge on any atom is 0.220 e. The van der Waals surface area contributed by atoms with Gasteiger partial charge in [0.2, 0.25) is 5.91 Å². The molecule has 0 aliphatic heterocycles. The van der Waals surface area contributed by atoms with Crippen LogP contribution in [-0.4, -0.2) is 34.9 Å². The summed E-state index contributed by atoms with van der Waals surface area (Å²) in [6, 6.07) is -0.643. The summed E-state index contributed by atoms with van der Waals surface area (Å²) < 4.78 is 0. The van der Waals surface area contributed by atoms with Crippen LogP contribution in [0, 0.1) is 0 Å². The lowest BCUT2D eigenvalue weighted by Gasteiger charge is -2.19. The molecule has 51 heavy (non-hydrogen) atoms. The highest BCUT2D eigenvalue weighted by Gasteiger charge is 2.17. The zero-order chi connectivity index (χ0) is 37.1. The van der Waals surface area contributed by atoms with Crippen LogP contribution >= 0.6 is 0 Å². The van der Waals surface area contributed by atoms with Crippen LogP contribution in [0.2, 0.25) is 0 Å². The fourth-order valence-electron chi connectivity index (χ4n) is 6.54. The van der Waals surface area contributed by atoms with Gasteiger partial charge in [0.1, 0.15) is 0 Å². The number of unbranched alkanes of at least 4 members (excludes halogenated alkanes) is 27. The molecular weight excluding hydrogens is 627 g/mol. The van der Waals surface area contributed by atoms with Gasteiger partial charge in [-0.1, -0.05) is 204 Å².